The maximum Gasteiger partial charge on any atom is 0.273 e. The quantitative estimate of drug-likeness (QED) is 0.872. The Morgan fingerprint density at radius 3 is 2.90 bits per heavy atom. The summed E-state index contributed by atoms with van der Waals surface area (Å²) >= 11 is 0. The van der Waals surface area contributed by atoms with Crippen molar-refractivity contribution in [3.8, 4) is 0 Å². The van der Waals surface area contributed by atoms with E-state index in [4.69, 9.17) is 4.42 Å². The maximum atomic E-state index is 11.9. The third-order valence-corrected chi connectivity index (χ3v) is 5.05. The molecule has 1 aliphatic rings. The molecule has 1 fully saturated rings. The van der Waals surface area contributed by atoms with Crippen LogP contribution in [0.3, 0.4) is 0 Å². The van der Waals surface area contributed by atoms with Gasteiger partial charge in [0.2, 0.25) is 10.0 Å². The summed E-state index contributed by atoms with van der Waals surface area (Å²) in [6.45, 7) is 2.66. The Labute approximate surface area is 124 Å². The van der Waals surface area contributed by atoms with E-state index >= 15 is 0 Å². The normalized spacial score (nSPS) is 20.4. The monoisotopic (exact) mass is 315 g/mol. The van der Waals surface area contributed by atoms with Gasteiger partial charge in [0.15, 0.2) is 12.1 Å². The summed E-state index contributed by atoms with van der Waals surface area (Å²) in [5.41, 5.74) is 0.276. The lowest BCUT2D eigenvalue weighted by molar-refractivity contribution is 0.0943. The Balaban J connectivity index is 1.87. The molecule has 0 saturated carbocycles. The molecule has 0 aromatic carbocycles. The number of sulfonamides is 1. The smallest absolute Gasteiger partial charge is 0.273 e. The SMILES string of the molecule is Cc1ocnc1C(=O)NCCC1CCCCN1S(C)(=O)=O. The van der Waals surface area contributed by atoms with Gasteiger partial charge in [0.25, 0.3) is 5.91 Å². The number of nitrogens with one attached hydrogen (secondary N) is 1. The zero-order chi connectivity index (χ0) is 15.5. The van der Waals surface area contributed by atoms with Crippen molar-refractivity contribution in [3.63, 3.8) is 0 Å². The summed E-state index contributed by atoms with van der Waals surface area (Å²) in [7, 11) is -3.18. The number of rotatable bonds is 5. The van der Waals surface area contributed by atoms with Gasteiger partial charge in [-0.2, -0.15) is 4.31 Å². The Hall–Kier alpha value is -1.41. The number of piperidine rings is 1. The predicted molar refractivity (Wildman–Crippen MR) is 77.4 cm³/mol. The van der Waals surface area contributed by atoms with E-state index in [1.807, 2.05) is 0 Å². The van der Waals surface area contributed by atoms with E-state index in [2.05, 4.69) is 10.3 Å². The molecule has 1 saturated heterocycles. The lowest BCUT2D eigenvalue weighted by Gasteiger charge is -2.33. The maximum absolute atomic E-state index is 11.9. The fourth-order valence-electron chi connectivity index (χ4n) is 2.66. The van der Waals surface area contributed by atoms with Gasteiger partial charge in [-0.1, -0.05) is 6.42 Å². The fraction of sp³-hybridized carbons (Fsp3) is 0.692. The number of oxazole rings is 1. The largest absolute Gasteiger partial charge is 0.448 e. The number of carbonyl (C=O) groups is 1. The molecule has 1 aromatic rings. The molecule has 1 atom stereocenters. The molecular weight excluding hydrogens is 294 g/mol. The van der Waals surface area contributed by atoms with Gasteiger partial charge in [-0.05, 0) is 26.2 Å². The molecule has 1 N–H and O–H groups in total. The number of aromatic nitrogens is 1. The fourth-order valence-corrected chi connectivity index (χ4v) is 3.87. The predicted octanol–water partition coefficient (Wildman–Crippen LogP) is 0.917. The van der Waals surface area contributed by atoms with Crippen LogP contribution in [0.5, 0.6) is 0 Å². The second kappa shape index (κ2) is 6.57. The minimum atomic E-state index is -3.18. The van der Waals surface area contributed by atoms with Crippen molar-refractivity contribution in [2.45, 2.75) is 38.6 Å². The zero-order valence-corrected chi connectivity index (χ0v) is 13.1. The summed E-state index contributed by atoms with van der Waals surface area (Å²) in [5.74, 6) is 0.186. The van der Waals surface area contributed by atoms with Crippen LogP contribution in [0.15, 0.2) is 10.8 Å². The molecule has 118 valence electrons. The van der Waals surface area contributed by atoms with E-state index in [0.29, 0.717) is 25.3 Å². The van der Waals surface area contributed by atoms with Gasteiger partial charge < -0.3 is 9.73 Å². The summed E-state index contributed by atoms with van der Waals surface area (Å²) in [5, 5.41) is 2.76. The van der Waals surface area contributed by atoms with E-state index in [0.717, 1.165) is 19.3 Å². The van der Waals surface area contributed by atoms with Crippen molar-refractivity contribution in [3.05, 3.63) is 17.8 Å². The van der Waals surface area contributed by atoms with Crippen LogP contribution in [0, 0.1) is 6.92 Å². The molecular formula is C13H21N3O4S. The third kappa shape index (κ3) is 4.04. The second-order valence-electron chi connectivity index (χ2n) is 5.33. The zero-order valence-electron chi connectivity index (χ0n) is 12.3. The number of hydrogen-bond donors (Lipinski definition) is 1. The highest BCUT2D eigenvalue weighted by molar-refractivity contribution is 7.88. The molecule has 21 heavy (non-hydrogen) atoms. The topological polar surface area (TPSA) is 92.5 Å². The van der Waals surface area contributed by atoms with Gasteiger partial charge in [-0.25, -0.2) is 13.4 Å². The van der Waals surface area contributed by atoms with Crippen LogP contribution < -0.4 is 5.32 Å². The summed E-state index contributed by atoms with van der Waals surface area (Å²) in [6.07, 6.45) is 5.84. The number of nitrogens with zero attached hydrogens (tertiary/aromatic N) is 2. The van der Waals surface area contributed by atoms with Gasteiger partial charge in [-0.3, -0.25) is 4.79 Å². The van der Waals surface area contributed by atoms with Crippen molar-refractivity contribution < 1.29 is 17.6 Å². The van der Waals surface area contributed by atoms with Crippen LogP contribution in [0.4, 0.5) is 0 Å². The standard InChI is InChI=1S/C13H21N3O4S/c1-10-12(15-9-20-10)13(17)14-7-6-11-5-3-4-8-16(11)21(2,18)19/h9,11H,3-8H2,1-2H3,(H,14,17). The highest BCUT2D eigenvalue weighted by Gasteiger charge is 2.29. The third-order valence-electron chi connectivity index (χ3n) is 3.72. The van der Waals surface area contributed by atoms with Gasteiger partial charge in [-0.15, -0.1) is 0 Å². The summed E-state index contributed by atoms with van der Waals surface area (Å²) < 4.78 is 30.0. The Morgan fingerprint density at radius 1 is 1.52 bits per heavy atom. The van der Waals surface area contributed by atoms with Crippen LogP contribution in [0.1, 0.15) is 41.9 Å². The summed E-state index contributed by atoms with van der Waals surface area (Å²) in [4.78, 5) is 15.7. The van der Waals surface area contributed by atoms with Crippen LogP contribution in [0.2, 0.25) is 0 Å². The molecule has 0 radical (unpaired) electrons. The molecule has 2 heterocycles. The second-order valence-corrected chi connectivity index (χ2v) is 7.26. The molecule has 0 spiro atoms. The van der Waals surface area contributed by atoms with Gasteiger partial charge in [0.1, 0.15) is 5.76 Å². The molecule has 0 bridgehead atoms. The highest BCUT2D eigenvalue weighted by Crippen LogP contribution is 2.21. The minimum Gasteiger partial charge on any atom is -0.448 e. The molecule has 1 amide bonds. The molecule has 8 heteroatoms. The van der Waals surface area contributed by atoms with Crippen molar-refractivity contribution in [1.29, 1.82) is 0 Å². The Kier molecular flexibility index (Phi) is 5.00. The Morgan fingerprint density at radius 2 is 2.29 bits per heavy atom. The molecule has 1 unspecified atom stereocenters. The van der Waals surface area contributed by atoms with Crippen molar-refractivity contribution in [2.75, 3.05) is 19.3 Å². The average Bonchev–Trinajstić information content (AvgIpc) is 2.84. The first-order valence-corrected chi connectivity index (χ1v) is 8.89. The number of amides is 1. The van der Waals surface area contributed by atoms with Gasteiger partial charge >= 0.3 is 0 Å². The van der Waals surface area contributed by atoms with E-state index in [1.165, 1.54) is 12.6 Å². The number of carbonyl (C=O) groups excluding carboxylic acids is 1. The number of hydrogen-bond acceptors (Lipinski definition) is 5. The van der Waals surface area contributed by atoms with Crippen LogP contribution in [0.25, 0.3) is 0 Å². The first kappa shape index (κ1) is 16.0. The first-order valence-electron chi connectivity index (χ1n) is 7.04. The molecule has 0 aliphatic carbocycles. The molecule has 1 aliphatic heterocycles. The Bertz CT molecular complexity index is 596. The van der Waals surface area contributed by atoms with E-state index in [1.54, 1.807) is 11.2 Å². The van der Waals surface area contributed by atoms with Crippen molar-refractivity contribution >= 4 is 15.9 Å². The number of aryl methyl sites for hydroxylation is 1. The van der Waals surface area contributed by atoms with E-state index in [-0.39, 0.29) is 17.6 Å². The van der Waals surface area contributed by atoms with Gasteiger partial charge in [0, 0.05) is 19.1 Å². The molecule has 1 aromatic heterocycles. The van der Waals surface area contributed by atoms with E-state index < -0.39 is 10.0 Å². The first-order chi connectivity index (χ1) is 9.89. The average molecular weight is 315 g/mol. The van der Waals surface area contributed by atoms with Crippen LogP contribution in [-0.2, 0) is 10.0 Å². The minimum absolute atomic E-state index is 0.0348. The summed E-state index contributed by atoms with van der Waals surface area (Å²) in [6, 6.07) is -0.0348. The van der Waals surface area contributed by atoms with E-state index in [9.17, 15) is 13.2 Å². The van der Waals surface area contributed by atoms with Gasteiger partial charge in [0.05, 0.1) is 6.26 Å². The molecule has 7 nitrogen and oxygen atoms in total. The molecule has 2 rings (SSSR count). The van der Waals surface area contributed by atoms with Crippen LogP contribution in [-0.4, -0.2) is 49.0 Å². The highest BCUT2D eigenvalue weighted by atomic mass is 32.2. The van der Waals surface area contributed by atoms with Crippen LogP contribution >= 0.6 is 0 Å². The van der Waals surface area contributed by atoms with Crippen molar-refractivity contribution in [1.82, 2.24) is 14.6 Å². The lowest BCUT2D eigenvalue weighted by Crippen LogP contribution is -2.44. The van der Waals surface area contributed by atoms with Crippen molar-refractivity contribution in [2.24, 2.45) is 0 Å². The lowest BCUT2D eigenvalue weighted by atomic mass is 10.0.